The van der Waals surface area contributed by atoms with E-state index in [2.05, 4.69) is 5.32 Å². The molecule has 2 rings (SSSR count). The molecule has 0 aliphatic rings. The highest BCUT2D eigenvalue weighted by atomic mass is 16.5. The van der Waals surface area contributed by atoms with Gasteiger partial charge < -0.3 is 14.8 Å². The Labute approximate surface area is 135 Å². The summed E-state index contributed by atoms with van der Waals surface area (Å²) in [4.78, 5) is 23.0. The van der Waals surface area contributed by atoms with Crippen LogP contribution >= 0.6 is 0 Å². The summed E-state index contributed by atoms with van der Waals surface area (Å²) in [5.74, 6) is 0.640. The van der Waals surface area contributed by atoms with Gasteiger partial charge in [0.1, 0.15) is 11.5 Å². The summed E-state index contributed by atoms with van der Waals surface area (Å²) in [6.45, 7) is 2.40. The van der Waals surface area contributed by atoms with E-state index in [0.29, 0.717) is 35.6 Å². The lowest BCUT2D eigenvalue weighted by Gasteiger charge is -2.11. The van der Waals surface area contributed by atoms with Crippen molar-refractivity contribution in [2.75, 3.05) is 18.5 Å². The van der Waals surface area contributed by atoms with Crippen LogP contribution in [0.15, 0.2) is 48.5 Å². The number of hydrogen-bond donors (Lipinski definition) is 1. The minimum atomic E-state index is -0.298. The topological polar surface area (TPSA) is 64.6 Å². The van der Waals surface area contributed by atoms with Crippen molar-refractivity contribution >= 4 is 17.9 Å². The molecule has 1 amide bonds. The molecule has 0 unspecified atom stereocenters. The van der Waals surface area contributed by atoms with Crippen LogP contribution in [0.2, 0.25) is 0 Å². The van der Waals surface area contributed by atoms with Crippen LogP contribution in [0.25, 0.3) is 0 Å². The molecule has 23 heavy (non-hydrogen) atoms. The highest BCUT2D eigenvalue weighted by molar-refractivity contribution is 5.92. The molecule has 0 saturated carbocycles. The van der Waals surface area contributed by atoms with Crippen molar-refractivity contribution in [2.24, 2.45) is 0 Å². The van der Waals surface area contributed by atoms with Crippen LogP contribution in [0.4, 0.5) is 5.69 Å². The predicted molar refractivity (Wildman–Crippen MR) is 88.2 cm³/mol. The first-order valence-corrected chi connectivity index (χ1v) is 7.42. The molecule has 0 aromatic heterocycles. The number of para-hydroxylation sites is 1. The number of benzene rings is 2. The molecule has 2 aromatic carbocycles. The third-order valence-corrected chi connectivity index (χ3v) is 3.00. The molecular formula is C18H19NO4. The summed E-state index contributed by atoms with van der Waals surface area (Å²) in [7, 11) is 0. The van der Waals surface area contributed by atoms with Crippen molar-refractivity contribution in [3.8, 4) is 11.5 Å². The van der Waals surface area contributed by atoms with Crippen LogP contribution in [0.3, 0.4) is 0 Å². The highest BCUT2D eigenvalue weighted by Gasteiger charge is 2.09. The van der Waals surface area contributed by atoms with Gasteiger partial charge in [0.25, 0.3) is 5.91 Å². The van der Waals surface area contributed by atoms with Crippen LogP contribution in [0, 0.1) is 0 Å². The van der Waals surface area contributed by atoms with E-state index < -0.39 is 0 Å². The summed E-state index contributed by atoms with van der Waals surface area (Å²) in [5.41, 5.74) is 1.07. The lowest BCUT2D eigenvalue weighted by atomic mass is 10.2. The molecule has 120 valence electrons. The lowest BCUT2D eigenvalue weighted by molar-refractivity contribution is -0.118. The molecule has 0 bridgehead atoms. The smallest absolute Gasteiger partial charge is 0.262 e. The van der Waals surface area contributed by atoms with Gasteiger partial charge in [-0.15, -0.1) is 0 Å². The second kappa shape index (κ2) is 8.58. The van der Waals surface area contributed by atoms with Crippen molar-refractivity contribution in [1.82, 2.24) is 0 Å². The first-order valence-electron chi connectivity index (χ1n) is 7.42. The molecule has 0 heterocycles. The lowest BCUT2D eigenvalue weighted by Crippen LogP contribution is -2.20. The SMILES string of the molecule is CCCOc1ccc(C=O)c(OCC(=O)Nc2ccccc2)c1. The number of amides is 1. The van der Waals surface area contributed by atoms with Gasteiger partial charge in [0.05, 0.1) is 12.2 Å². The fourth-order valence-corrected chi connectivity index (χ4v) is 1.91. The van der Waals surface area contributed by atoms with E-state index in [1.807, 2.05) is 25.1 Å². The summed E-state index contributed by atoms with van der Waals surface area (Å²) in [6.07, 6.45) is 1.57. The van der Waals surface area contributed by atoms with E-state index in [0.717, 1.165) is 6.42 Å². The molecule has 0 atom stereocenters. The standard InChI is InChI=1S/C18H19NO4/c1-2-10-22-16-9-8-14(12-20)17(11-16)23-13-18(21)19-15-6-4-3-5-7-15/h3-9,11-12H,2,10,13H2,1H3,(H,19,21). The Kier molecular flexibility index (Phi) is 6.17. The van der Waals surface area contributed by atoms with Crippen LogP contribution in [-0.2, 0) is 4.79 Å². The number of carbonyl (C=O) groups is 2. The number of ether oxygens (including phenoxy) is 2. The average Bonchev–Trinajstić information content (AvgIpc) is 2.59. The van der Waals surface area contributed by atoms with Crippen LogP contribution < -0.4 is 14.8 Å². The first kappa shape index (κ1) is 16.5. The van der Waals surface area contributed by atoms with E-state index in [1.165, 1.54) is 0 Å². The quantitative estimate of drug-likeness (QED) is 0.759. The minimum Gasteiger partial charge on any atom is -0.493 e. The Bertz CT molecular complexity index is 655. The maximum atomic E-state index is 11.9. The number of rotatable bonds is 8. The normalized spacial score (nSPS) is 9.96. The third-order valence-electron chi connectivity index (χ3n) is 3.00. The van der Waals surface area contributed by atoms with Crippen molar-refractivity contribution in [3.63, 3.8) is 0 Å². The average molecular weight is 313 g/mol. The Morgan fingerprint density at radius 2 is 1.91 bits per heavy atom. The van der Waals surface area contributed by atoms with Gasteiger partial charge in [0, 0.05) is 11.8 Å². The molecule has 1 N–H and O–H groups in total. The molecule has 5 nitrogen and oxygen atoms in total. The fourth-order valence-electron chi connectivity index (χ4n) is 1.91. The largest absolute Gasteiger partial charge is 0.493 e. The molecular weight excluding hydrogens is 294 g/mol. The predicted octanol–water partition coefficient (Wildman–Crippen LogP) is 3.31. The number of nitrogens with one attached hydrogen (secondary N) is 1. The van der Waals surface area contributed by atoms with Crippen LogP contribution in [-0.4, -0.2) is 25.4 Å². The maximum Gasteiger partial charge on any atom is 0.262 e. The van der Waals surface area contributed by atoms with Gasteiger partial charge in [-0.2, -0.15) is 0 Å². The van der Waals surface area contributed by atoms with E-state index in [9.17, 15) is 9.59 Å². The van der Waals surface area contributed by atoms with Gasteiger partial charge in [-0.3, -0.25) is 9.59 Å². The monoisotopic (exact) mass is 313 g/mol. The zero-order chi connectivity index (χ0) is 16.5. The molecule has 0 fully saturated rings. The Hall–Kier alpha value is -2.82. The second-order valence-corrected chi connectivity index (χ2v) is 4.87. The Balaban J connectivity index is 1.98. The molecule has 0 radical (unpaired) electrons. The van der Waals surface area contributed by atoms with Gasteiger partial charge in [-0.1, -0.05) is 25.1 Å². The van der Waals surface area contributed by atoms with Gasteiger partial charge in [0.2, 0.25) is 0 Å². The van der Waals surface area contributed by atoms with E-state index in [4.69, 9.17) is 9.47 Å². The second-order valence-electron chi connectivity index (χ2n) is 4.87. The molecule has 0 aliphatic heterocycles. The van der Waals surface area contributed by atoms with Crippen LogP contribution in [0.5, 0.6) is 11.5 Å². The Morgan fingerprint density at radius 1 is 1.13 bits per heavy atom. The van der Waals surface area contributed by atoms with Crippen LogP contribution in [0.1, 0.15) is 23.7 Å². The summed E-state index contributed by atoms with van der Waals surface area (Å²) >= 11 is 0. The maximum absolute atomic E-state index is 11.9. The summed E-state index contributed by atoms with van der Waals surface area (Å²) in [6, 6.07) is 14.0. The summed E-state index contributed by atoms with van der Waals surface area (Å²) in [5, 5.41) is 2.72. The van der Waals surface area contributed by atoms with Gasteiger partial charge in [0.15, 0.2) is 12.9 Å². The molecule has 0 aliphatic carbocycles. The van der Waals surface area contributed by atoms with Crippen molar-refractivity contribution in [2.45, 2.75) is 13.3 Å². The van der Waals surface area contributed by atoms with E-state index >= 15 is 0 Å². The zero-order valence-electron chi connectivity index (χ0n) is 13.0. The molecule has 2 aromatic rings. The molecule has 5 heteroatoms. The number of carbonyl (C=O) groups excluding carboxylic acids is 2. The number of aldehydes is 1. The zero-order valence-corrected chi connectivity index (χ0v) is 13.0. The molecule has 0 spiro atoms. The van der Waals surface area contributed by atoms with Crippen molar-refractivity contribution in [3.05, 3.63) is 54.1 Å². The van der Waals surface area contributed by atoms with E-state index in [-0.39, 0.29) is 12.5 Å². The molecule has 0 saturated heterocycles. The first-order chi connectivity index (χ1) is 11.2. The van der Waals surface area contributed by atoms with E-state index in [1.54, 1.807) is 30.3 Å². The van der Waals surface area contributed by atoms with Crippen molar-refractivity contribution < 1.29 is 19.1 Å². The highest BCUT2D eigenvalue weighted by Crippen LogP contribution is 2.24. The van der Waals surface area contributed by atoms with Gasteiger partial charge >= 0.3 is 0 Å². The van der Waals surface area contributed by atoms with Crippen molar-refractivity contribution in [1.29, 1.82) is 0 Å². The minimum absolute atomic E-state index is 0.188. The van der Waals surface area contributed by atoms with Gasteiger partial charge in [-0.25, -0.2) is 0 Å². The number of anilines is 1. The number of hydrogen-bond acceptors (Lipinski definition) is 4. The third kappa shape index (κ3) is 5.14. The summed E-state index contributed by atoms with van der Waals surface area (Å²) < 4.78 is 11.0. The van der Waals surface area contributed by atoms with Gasteiger partial charge in [-0.05, 0) is 30.7 Å². The Morgan fingerprint density at radius 3 is 2.61 bits per heavy atom. The fraction of sp³-hybridized carbons (Fsp3) is 0.222.